The van der Waals surface area contributed by atoms with Crippen LogP contribution >= 0.6 is 11.6 Å². The number of methoxy groups -OCH3 is 1. The minimum Gasteiger partial charge on any atom is -0.507 e. The molecular formula is C33H33ClF3N7O6. The number of hydrogen-bond acceptors (Lipinski definition) is 9. The van der Waals surface area contributed by atoms with Gasteiger partial charge in [-0.05, 0) is 48.7 Å². The van der Waals surface area contributed by atoms with Gasteiger partial charge in [0.2, 0.25) is 11.7 Å². The largest absolute Gasteiger partial charge is 0.507 e. The molecule has 1 fully saturated rings. The van der Waals surface area contributed by atoms with Gasteiger partial charge in [0.15, 0.2) is 5.82 Å². The summed E-state index contributed by atoms with van der Waals surface area (Å²) in [5.74, 6) is -0.622. The Morgan fingerprint density at radius 2 is 1.90 bits per heavy atom. The maximum atomic E-state index is 14.2. The first-order valence-electron chi connectivity index (χ1n) is 15.8. The Morgan fingerprint density at radius 3 is 2.54 bits per heavy atom. The smallest absolute Gasteiger partial charge is 0.416 e. The molecule has 6 rings (SSSR count). The van der Waals surface area contributed by atoms with Crippen molar-refractivity contribution in [2.45, 2.75) is 32.5 Å². The van der Waals surface area contributed by atoms with E-state index in [4.69, 9.17) is 21.1 Å². The lowest BCUT2D eigenvalue weighted by Gasteiger charge is -2.37. The molecule has 0 bridgehead atoms. The van der Waals surface area contributed by atoms with Crippen molar-refractivity contribution >= 4 is 46.1 Å². The lowest BCUT2D eigenvalue weighted by molar-refractivity contribution is -0.137. The Bertz CT molecular complexity index is 2050. The SMILES string of the molecule is CCc1c(N2CCN(C(=O)c3c(O)cccc3OC)CC2)c(=O)n2nc(C3=CCOCC3)nc2n1CC(=O)Nc1ccc(C(F)(F)F)cc1Cl. The third-order valence-corrected chi connectivity index (χ3v) is 8.92. The zero-order valence-corrected chi connectivity index (χ0v) is 27.8. The van der Waals surface area contributed by atoms with E-state index in [2.05, 4.69) is 15.4 Å². The number of fused-ring (bicyclic) bond motifs is 1. The number of aromatic hydroxyl groups is 1. The first-order chi connectivity index (χ1) is 23.9. The summed E-state index contributed by atoms with van der Waals surface area (Å²) in [6.07, 6.45) is -1.98. The number of halogens is 4. The van der Waals surface area contributed by atoms with Crippen molar-refractivity contribution in [2.75, 3.05) is 56.7 Å². The highest BCUT2D eigenvalue weighted by molar-refractivity contribution is 6.33. The van der Waals surface area contributed by atoms with Crippen molar-refractivity contribution in [2.24, 2.45) is 0 Å². The minimum absolute atomic E-state index is 0.0172. The number of nitrogens with zero attached hydrogens (tertiary/aromatic N) is 6. The van der Waals surface area contributed by atoms with Gasteiger partial charge in [0.1, 0.15) is 29.3 Å². The third kappa shape index (κ3) is 6.72. The second-order valence-electron chi connectivity index (χ2n) is 11.6. The second kappa shape index (κ2) is 14.0. The molecule has 17 heteroatoms. The fraction of sp³-hybridized carbons (Fsp3) is 0.364. The predicted octanol–water partition coefficient (Wildman–Crippen LogP) is 4.24. The van der Waals surface area contributed by atoms with Gasteiger partial charge < -0.3 is 34.3 Å². The van der Waals surface area contributed by atoms with Crippen LogP contribution in [0.1, 0.15) is 40.8 Å². The summed E-state index contributed by atoms with van der Waals surface area (Å²) < 4.78 is 53.0. The molecule has 0 radical (unpaired) electrons. The number of anilines is 2. The van der Waals surface area contributed by atoms with Crippen LogP contribution in [0.3, 0.4) is 0 Å². The first-order valence-corrected chi connectivity index (χ1v) is 16.1. The van der Waals surface area contributed by atoms with Gasteiger partial charge in [-0.1, -0.05) is 30.7 Å². The molecule has 0 aliphatic carbocycles. The molecule has 2 aromatic heterocycles. The van der Waals surface area contributed by atoms with Gasteiger partial charge >= 0.3 is 6.18 Å². The molecule has 2 aromatic carbocycles. The molecule has 0 unspecified atom stereocenters. The number of carbonyl (C=O) groups excluding carboxylic acids is 2. The van der Waals surface area contributed by atoms with Crippen molar-refractivity contribution < 1.29 is 37.3 Å². The van der Waals surface area contributed by atoms with Crippen molar-refractivity contribution in [1.82, 2.24) is 24.1 Å². The molecule has 4 heterocycles. The standard InChI is InChI=1S/C33H33ClF3N7O6/c1-3-23-28(41-11-13-42(14-12-41)30(47)27-24(45)5-4-6-25(27)49-2)31(48)44-32(39-29(40-44)19-9-15-50-16-10-19)43(23)18-26(46)38-22-8-7-20(17-21(22)34)33(35,36)37/h4-9,17,45H,3,10-16,18H2,1-2H3,(H,38,46). The summed E-state index contributed by atoms with van der Waals surface area (Å²) in [6, 6.07) is 7.19. The summed E-state index contributed by atoms with van der Waals surface area (Å²) in [5.41, 5.74) is 0.115. The maximum Gasteiger partial charge on any atom is 0.416 e. The zero-order chi connectivity index (χ0) is 35.7. The Labute approximate surface area is 288 Å². The van der Waals surface area contributed by atoms with Crippen LogP contribution < -0.4 is 20.5 Å². The number of carbonyl (C=O) groups is 2. The third-order valence-electron chi connectivity index (χ3n) is 8.60. The van der Waals surface area contributed by atoms with Crippen LogP contribution in [-0.4, -0.2) is 87.5 Å². The highest BCUT2D eigenvalue weighted by Crippen LogP contribution is 2.34. The molecule has 0 atom stereocenters. The van der Waals surface area contributed by atoms with Crippen molar-refractivity contribution in [3.8, 4) is 11.5 Å². The Hall–Kier alpha value is -5.09. The van der Waals surface area contributed by atoms with Gasteiger partial charge in [-0.2, -0.15) is 22.7 Å². The lowest BCUT2D eigenvalue weighted by Crippen LogP contribution is -2.51. The number of alkyl halides is 3. The number of nitrogens with one attached hydrogen (secondary N) is 1. The van der Waals surface area contributed by atoms with Crippen LogP contribution in [0.25, 0.3) is 11.4 Å². The molecule has 2 N–H and O–H groups in total. The van der Waals surface area contributed by atoms with Gasteiger partial charge in [-0.25, -0.2) is 0 Å². The summed E-state index contributed by atoms with van der Waals surface area (Å²) in [5, 5.41) is 17.2. The van der Waals surface area contributed by atoms with Gasteiger partial charge in [-0.3, -0.25) is 14.4 Å². The van der Waals surface area contributed by atoms with Gasteiger partial charge in [0.25, 0.3) is 11.5 Å². The number of benzene rings is 2. The van der Waals surface area contributed by atoms with E-state index >= 15 is 0 Å². The van der Waals surface area contributed by atoms with E-state index in [0.717, 1.165) is 28.3 Å². The van der Waals surface area contributed by atoms with Gasteiger partial charge in [0, 0.05) is 26.2 Å². The summed E-state index contributed by atoms with van der Waals surface area (Å²) in [4.78, 5) is 49.1. The summed E-state index contributed by atoms with van der Waals surface area (Å²) in [7, 11) is 1.41. The topological polar surface area (TPSA) is 144 Å². The molecule has 2 amide bonds. The average molecular weight is 716 g/mol. The number of ether oxygens (including phenoxy) is 2. The molecule has 2 aliphatic heterocycles. The van der Waals surface area contributed by atoms with Crippen LogP contribution in [0, 0.1) is 0 Å². The number of rotatable bonds is 8. The fourth-order valence-electron chi connectivity index (χ4n) is 6.12. The Kier molecular flexibility index (Phi) is 9.75. The normalized spacial score (nSPS) is 15.3. The Morgan fingerprint density at radius 1 is 1.14 bits per heavy atom. The molecule has 13 nitrogen and oxygen atoms in total. The highest BCUT2D eigenvalue weighted by atomic mass is 35.5. The highest BCUT2D eigenvalue weighted by Gasteiger charge is 2.32. The number of phenolic OH excluding ortho intramolecular Hbond substituents is 1. The molecule has 0 saturated carbocycles. The van der Waals surface area contributed by atoms with Crippen molar-refractivity contribution in [3.63, 3.8) is 0 Å². The fourth-order valence-corrected chi connectivity index (χ4v) is 6.35. The molecular weight excluding hydrogens is 683 g/mol. The monoisotopic (exact) mass is 715 g/mol. The van der Waals surface area contributed by atoms with Crippen LogP contribution in [0.5, 0.6) is 11.5 Å². The van der Waals surface area contributed by atoms with Crippen LogP contribution in [0.2, 0.25) is 5.02 Å². The predicted molar refractivity (Wildman–Crippen MR) is 178 cm³/mol. The average Bonchev–Trinajstić information content (AvgIpc) is 3.56. The Balaban J connectivity index is 1.35. The van der Waals surface area contributed by atoms with Crippen molar-refractivity contribution in [3.05, 3.63) is 80.5 Å². The second-order valence-corrected chi connectivity index (χ2v) is 12.0. The van der Waals surface area contributed by atoms with E-state index in [1.807, 2.05) is 17.9 Å². The molecule has 50 heavy (non-hydrogen) atoms. The molecule has 4 aromatic rings. The quantitative estimate of drug-likeness (QED) is 0.274. The van der Waals surface area contributed by atoms with E-state index in [1.165, 1.54) is 13.2 Å². The molecule has 264 valence electrons. The number of piperazine rings is 1. The van der Waals surface area contributed by atoms with Crippen LogP contribution in [0.15, 0.2) is 47.3 Å². The molecule has 1 saturated heterocycles. The van der Waals surface area contributed by atoms with E-state index in [1.54, 1.807) is 21.6 Å². The number of aromatic nitrogens is 4. The van der Waals surface area contributed by atoms with Gasteiger partial charge in [0.05, 0.1) is 42.3 Å². The van der Waals surface area contributed by atoms with E-state index in [0.29, 0.717) is 37.6 Å². The van der Waals surface area contributed by atoms with Crippen LogP contribution in [-0.2, 0) is 28.7 Å². The number of amides is 2. The number of phenols is 1. The van der Waals surface area contributed by atoms with E-state index in [9.17, 15) is 32.7 Å². The molecule has 2 aliphatic rings. The van der Waals surface area contributed by atoms with E-state index in [-0.39, 0.29) is 72.0 Å². The molecule has 0 spiro atoms. The first kappa shape index (κ1) is 34.8. The summed E-state index contributed by atoms with van der Waals surface area (Å²) >= 11 is 6.11. The van der Waals surface area contributed by atoms with E-state index < -0.39 is 29.1 Å². The van der Waals surface area contributed by atoms with Gasteiger partial charge in [-0.15, -0.1) is 5.10 Å². The number of hydrogen-bond donors (Lipinski definition) is 2. The zero-order valence-electron chi connectivity index (χ0n) is 27.1. The lowest BCUT2D eigenvalue weighted by atomic mass is 10.1. The minimum atomic E-state index is -4.61. The van der Waals surface area contributed by atoms with Crippen LogP contribution in [0.4, 0.5) is 24.5 Å². The summed E-state index contributed by atoms with van der Waals surface area (Å²) in [6.45, 7) is 3.15. The van der Waals surface area contributed by atoms with Crippen molar-refractivity contribution in [1.29, 1.82) is 0 Å². The maximum absolute atomic E-state index is 14.2.